The van der Waals surface area contributed by atoms with Gasteiger partial charge in [-0.3, -0.25) is 9.69 Å². The van der Waals surface area contributed by atoms with Crippen LogP contribution in [-0.4, -0.2) is 54.5 Å². The fourth-order valence-corrected chi connectivity index (χ4v) is 4.04. The Labute approximate surface area is 176 Å². The molecule has 4 nitrogen and oxygen atoms in total. The van der Waals surface area contributed by atoms with Crippen molar-refractivity contribution >= 4 is 21.8 Å². The van der Waals surface area contributed by atoms with Crippen LogP contribution in [0.4, 0.5) is 0 Å². The van der Waals surface area contributed by atoms with Crippen LogP contribution in [-0.2, 0) is 0 Å². The molecule has 5 heteroatoms. The first-order chi connectivity index (χ1) is 13.7. The lowest BCUT2D eigenvalue weighted by molar-refractivity contribution is 0.0597. The molecule has 0 unspecified atom stereocenters. The van der Waals surface area contributed by atoms with Crippen molar-refractivity contribution in [3.8, 4) is 5.75 Å². The minimum absolute atomic E-state index is 0.152. The largest absolute Gasteiger partial charge is 0.492 e. The summed E-state index contributed by atoms with van der Waals surface area (Å²) >= 11 is 3.45. The zero-order valence-corrected chi connectivity index (χ0v) is 18.1. The predicted molar refractivity (Wildman–Crippen MR) is 117 cm³/mol. The Kier molecular flexibility index (Phi) is 7.92. The van der Waals surface area contributed by atoms with E-state index in [-0.39, 0.29) is 5.91 Å². The summed E-state index contributed by atoms with van der Waals surface area (Å²) in [4.78, 5) is 17.2. The van der Waals surface area contributed by atoms with Crippen LogP contribution in [0.15, 0.2) is 59.1 Å². The maximum absolute atomic E-state index is 12.6. The van der Waals surface area contributed by atoms with Gasteiger partial charge in [-0.05, 0) is 62.2 Å². The van der Waals surface area contributed by atoms with Crippen molar-refractivity contribution in [3.05, 3.63) is 64.6 Å². The van der Waals surface area contributed by atoms with Gasteiger partial charge >= 0.3 is 0 Å². The normalized spacial score (nSPS) is 15.0. The standard InChI is InChI=1S/C23H29BrN2O2/c1-2-14-25(17-18-28-22-10-8-20(24)9-11-22)21-12-15-26(16-13-21)23(27)19-6-4-3-5-7-19/h3-11,21H,2,12-18H2,1H3. The fraction of sp³-hybridized carbons (Fsp3) is 0.435. The van der Waals surface area contributed by atoms with Crippen molar-refractivity contribution in [3.63, 3.8) is 0 Å². The van der Waals surface area contributed by atoms with Crippen molar-refractivity contribution in [2.75, 3.05) is 32.8 Å². The molecule has 0 radical (unpaired) electrons. The van der Waals surface area contributed by atoms with Gasteiger partial charge < -0.3 is 9.64 Å². The van der Waals surface area contributed by atoms with Crippen LogP contribution in [0.2, 0.25) is 0 Å². The maximum Gasteiger partial charge on any atom is 0.253 e. The molecule has 2 aromatic carbocycles. The van der Waals surface area contributed by atoms with Gasteiger partial charge in [-0.25, -0.2) is 0 Å². The summed E-state index contributed by atoms with van der Waals surface area (Å²) in [5.74, 6) is 1.06. The summed E-state index contributed by atoms with van der Waals surface area (Å²) < 4.78 is 6.98. The lowest BCUT2D eigenvalue weighted by atomic mass is 10.0. The second-order valence-electron chi connectivity index (χ2n) is 7.23. The van der Waals surface area contributed by atoms with E-state index in [0.717, 1.165) is 61.2 Å². The molecule has 0 saturated carbocycles. The third-order valence-electron chi connectivity index (χ3n) is 5.26. The number of carbonyl (C=O) groups is 1. The molecule has 1 fully saturated rings. The van der Waals surface area contributed by atoms with Crippen molar-refractivity contribution in [1.29, 1.82) is 0 Å². The molecule has 0 aromatic heterocycles. The van der Waals surface area contributed by atoms with Crippen molar-refractivity contribution in [1.82, 2.24) is 9.80 Å². The van der Waals surface area contributed by atoms with Gasteiger partial charge in [0.05, 0.1) is 0 Å². The molecule has 0 atom stereocenters. The van der Waals surface area contributed by atoms with Gasteiger partial charge in [0.2, 0.25) is 0 Å². The minimum Gasteiger partial charge on any atom is -0.492 e. The number of amides is 1. The highest BCUT2D eigenvalue weighted by Crippen LogP contribution is 2.20. The molecule has 0 bridgehead atoms. The van der Waals surface area contributed by atoms with Crippen LogP contribution in [0.3, 0.4) is 0 Å². The van der Waals surface area contributed by atoms with E-state index in [1.165, 1.54) is 0 Å². The first-order valence-electron chi connectivity index (χ1n) is 10.1. The Balaban J connectivity index is 1.48. The first kappa shape index (κ1) is 20.9. The number of piperidine rings is 1. The van der Waals surface area contributed by atoms with E-state index >= 15 is 0 Å². The molecule has 1 aliphatic heterocycles. The van der Waals surface area contributed by atoms with Crippen LogP contribution >= 0.6 is 15.9 Å². The number of hydrogen-bond donors (Lipinski definition) is 0. The lowest BCUT2D eigenvalue weighted by Crippen LogP contribution is -2.48. The molecule has 1 aliphatic rings. The van der Waals surface area contributed by atoms with Crippen molar-refractivity contribution < 1.29 is 9.53 Å². The summed E-state index contributed by atoms with van der Waals surface area (Å²) in [5, 5.41) is 0. The number of carbonyl (C=O) groups excluding carboxylic acids is 1. The molecule has 2 aromatic rings. The Morgan fingerprint density at radius 1 is 1.07 bits per heavy atom. The maximum atomic E-state index is 12.6. The average Bonchev–Trinajstić information content (AvgIpc) is 2.75. The number of ether oxygens (including phenoxy) is 1. The van der Waals surface area contributed by atoms with Crippen LogP contribution in [0, 0.1) is 0 Å². The van der Waals surface area contributed by atoms with E-state index in [2.05, 4.69) is 27.8 Å². The summed E-state index contributed by atoms with van der Waals surface area (Å²) in [6, 6.07) is 18.1. The third kappa shape index (κ3) is 5.82. The third-order valence-corrected chi connectivity index (χ3v) is 5.79. The monoisotopic (exact) mass is 444 g/mol. The summed E-state index contributed by atoms with van der Waals surface area (Å²) in [5.41, 5.74) is 0.786. The van der Waals surface area contributed by atoms with Crippen LogP contribution < -0.4 is 4.74 Å². The van der Waals surface area contributed by atoms with Gasteiger partial charge in [0, 0.05) is 35.7 Å². The van der Waals surface area contributed by atoms with E-state index in [0.29, 0.717) is 12.6 Å². The molecular formula is C23H29BrN2O2. The highest BCUT2D eigenvalue weighted by Gasteiger charge is 2.27. The molecule has 1 saturated heterocycles. The van der Waals surface area contributed by atoms with E-state index in [9.17, 15) is 4.79 Å². The molecule has 1 heterocycles. The van der Waals surface area contributed by atoms with E-state index < -0.39 is 0 Å². The number of halogens is 1. The van der Waals surface area contributed by atoms with Gasteiger partial charge in [-0.15, -0.1) is 0 Å². The zero-order chi connectivity index (χ0) is 19.8. The minimum atomic E-state index is 0.152. The summed E-state index contributed by atoms with van der Waals surface area (Å²) in [7, 11) is 0. The number of rotatable bonds is 8. The molecule has 1 amide bonds. The topological polar surface area (TPSA) is 32.8 Å². The summed E-state index contributed by atoms with van der Waals surface area (Å²) in [6.07, 6.45) is 3.18. The Morgan fingerprint density at radius 3 is 2.39 bits per heavy atom. The lowest BCUT2D eigenvalue weighted by Gasteiger charge is -2.38. The number of hydrogen-bond acceptors (Lipinski definition) is 3. The Hall–Kier alpha value is -1.85. The van der Waals surface area contributed by atoms with E-state index in [4.69, 9.17) is 4.74 Å². The molecule has 28 heavy (non-hydrogen) atoms. The quantitative estimate of drug-likeness (QED) is 0.583. The average molecular weight is 445 g/mol. The highest BCUT2D eigenvalue weighted by atomic mass is 79.9. The molecule has 150 valence electrons. The second-order valence-corrected chi connectivity index (χ2v) is 8.14. The number of benzene rings is 2. The number of likely N-dealkylation sites (tertiary alicyclic amines) is 1. The summed E-state index contributed by atoms with van der Waals surface area (Å²) in [6.45, 7) is 6.54. The van der Waals surface area contributed by atoms with E-state index in [1.807, 2.05) is 59.5 Å². The number of nitrogens with zero attached hydrogens (tertiary/aromatic N) is 2. The molecule has 0 aliphatic carbocycles. The van der Waals surface area contributed by atoms with Gasteiger partial charge in [0.15, 0.2) is 0 Å². The Bertz CT molecular complexity index is 728. The van der Waals surface area contributed by atoms with Gasteiger partial charge in [0.1, 0.15) is 12.4 Å². The molecule has 0 N–H and O–H groups in total. The van der Waals surface area contributed by atoms with Crippen LogP contribution in [0.25, 0.3) is 0 Å². The van der Waals surface area contributed by atoms with Crippen molar-refractivity contribution in [2.45, 2.75) is 32.2 Å². The molecule has 0 spiro atoms. The SMILES string of the molecule is CCCN(CCOc1ccc(Br)cc1)C1CCN(C(=O)c2ccccc2)CC1. The van der Waals surface area contributed by atoms with Crippen LogP contribution in [0.1, 0.15) is 36.5 Å². The highest BCUT2D eigenvalue weighted by molar-refractivity contribution is 9.10. The van der Waals surface area contributed by atoms with Crippen molar-refractivity contribution in [2.24, 2.45) is 0 Å². The molecule has 3 rings (SSSR count). The zero-order valence-electron chi connectivity index (χ0n) is 16.5. The van der Waals surface area contributed by atoms with Gasteiger partial charge in [-0.2, -0.15) is 0 Å². The smallest absolute Gasteiger partial charge is 0.253 e. The Morgan fingerprint density at radius 2 is 1.75 bits per heavy atom. The second kappa shape index (κ2) is 10.6. The van der Waals surface area contributed by atoms with Crippen LogP contribution in [0.5, 0.6) is 5.75 Å². The van der Waals surface area contributed by atoms with E-state index in [1.54, 1.807) is 0 Å². The fourth-order valence-electron chi connectivity index (χ4n) is 3.77. The van der Waals surface area contributed by atoms with Gasteiger partial charge in [0.25, 0.3) is 5.91 Å². The first-order valence-corrected chi connectivity index (χ1v) is 10.9. The predicted octanol–water partition coefficient (Wildman–Crippen LogP) is 4.84. The molecular weight excluding hydrogens is 416 g/mol. The van der Waals surface area contributed by atoms with Gasteiger partial charge in [-0.1, -0.05) is 41.1 Å².